The minimum Gasteiger partial charge on any atom is -0.394 e. The number of ether oxygens (including phenoxy) is 1. The predicted octanol–water partition coefficient (Wildman–Crippen LogP) is -0.336. The summed E-state index contributed by atoms with van der Waals surface area (Å²) in [7, 11) is 0. The molecule has 1 atom stereocenters. The second-order valence-corrected chi connectivity index (χ2v) is 4.78. The Morgan fingerprint density at radius 1 is 1.57 bits per heavy atom. The molecule has 0 aromatic carbocycles. The van der Waals surface area contributed by atoms with Crippen LogP contribution in [0.3, 0.4) is 0 Å². The lowest BCUT2D eigenvalue weighted by atomic mass is 9.93. The number of rotatable bonds is 4. The smallest absolute Gasteiger partial charge is 0.0932 e. The fourth-order valence-corrected chi connectivity index (χ4v) is 1.70. The van der Waals surface area contributed by atoms with E-state index in [1.54, 1.807) is 0 Å². The highest BCUT2D eigenvalue weighted by molar-refractivity contribution is 4.78. The molecule has 0 spiro atoms. The van der Waals surface area contributed by atoms with E-state index in [2.05, 4.69) is 18.7 Å². The van der Waals surface area contributed by atoms with Gasteiger partial charge in [-0.15, -0.1) is 0 Å². The molecule has 84 valence electrons. The molecule has 0 saturated carbocycles. The summed E-state index contributed by atoms with van der Waals surface area (Å²) in [5.74, 6) is 0. The van der Waals surface area contributed by atoms with Gasteiger partial charge in [0.15, 0.2) is 0 Å². The molecule has 1 unspecified atom stereocenters. The van der Waals surface area contributed by atoms with Crippen molar-refractivity contribution in [2.75, 3.05) is 39.4 Å². The second kappa shape index (κ2) is 5.07. The van der Waals surface area contributed by atoms with E-state index in [0.717, 1.165) is 19.6 Å². The molecule has 4 nitrogen and oxygen atoms in total. The Bertz CT molecular complexity index is 174. The Kier molecular flexibility index (Phi) is 4.31. The minimum absolute atomic E-state index is 0.0164. The molecule has 0 aromatic rings. The maximum atomic E-state index is 8.99. The highest BCUT2D eigenvalue weighted by Gasteiger charge is 2.25. The van der Waals surface area contributed by atoms with Crippen LogP contribution >= 0.6 is 0 Å². The normalized spacial score (nSPS) is 25.3. The first-order chi connectivity index (χ1) is 6.57. The molecule has 14 heavy (non-hydrogen) atoms. The lowest BCUT2D eigenvalue weighted by Crippen LogP contribution is -2.48. The van der Waals surface area contributed by atoms with Crippen molar-refractivity contribution in [1.82, 2.24) is 4.90 Å². The molecule has 1 rings (SSSR count). The fourth-order valence-electron chi connectivity index (χ4n) is 1.70. The first kappa shape index (κ1) is 11.9. The maximum Gasteiger partial charge on any atom is 0.0932 e. The molecule has 0 aliphatic carbocycles. The van der Waals surface area contributed by atoms with Crippen molar-refractivity contribution in [3.63, 3.8) is 0 Å². The number of aliphatic hydroxyl groups is 1. The zero-order chi connectivity index (χ0) is 10.6. The van der Waals surface area contributed by atoms with Gasteiger partial charge in [0.05, 0.1) is 19.3 Å². The molecular weight excluding hydrogens is 180 g/mol. The zero-order valence-electron chi connectivity index (χ0n) is 9.20. The SMILES string of the molecule is CC(C)(CN)CN1CCOC(CO)C1. The van der Waals surface area contributed by atoms with Crippen molar-refractivity contribution >= 4 is 0 Å². The summed E-state index contributed by atoms with van der Waals surface area (Å²) in [6.07, 6.45) is -0.0164. The van der Waals surface area contributed by atoms with E-state index in [-0.39, 0.29) is 18.1 Å². The highest BCUT2D eigenvalue weighted by atomic mass is 16.5. The van der Waals surface area contributed by atoms with E-state index < -0.39 is 0 Å². The zero-order valence-corrected chi connectivity index (χ0v) is 9.20. The van der Waals surface area contributed by atoms with Crippen molar-refractivity contribution in [3.8, 4) is 0 Å². The molecule has 4 heteroatoms. The minimum atomic E-state index is -0.0164. The van der Waals surface area contributed by atoms with Crippen LogP contribution in [0.2, 0.25) is 0 Å². The van der Waals surface area contributed by atoms with Crippen LogP contribution in [0, 0.1) is 5.41 Å². The Morgan fingerprint density at radius 3 is 2.86 bits per heavy atom. The van der Waals surface area contributed by atoms with Crippen LogP contribution < -0.4 is 5.73 Å². The van der Waals surface area contributed by atoms with Crippen LogP contribution in [-0.4, -0.2) is 55.5 Å². The summed E-state index contributed by atoms with van der Waals surface area (Å²) in [5, 5.41) is 8.99. The molecular formula is C10H22N2O2. The largest absolute Gasteiger partial charge is 0.394 e. The van der Waals surface area contributed by atoms with E-state index in [9.17, 15) is 0 Å². The molecule has 1 heterocycles. The number of nitrogens with two attached hydrogens (primary N) is 1. The average Bonchev–Trinajstić information content (AvgIpc) is 2.17. The van der Waals surface area contributed by atoms with Crippen molar-refractivity contribution in [3.05, 3.63) is 0 Å². The third kappa shape index (κ3) is 3.53. The highest BCUT2D eigenvalue weighted by Crippen LogP contribution is 2.16. The van der Waals surface area contributed by atoms with E-state index in [4.69, 9.17) is 15.6 Å². The van der Waals surface area contributed by atoms with E-state index in [0.29, 0.717) is 13.2 Å². The maximum absolute atomic E-state index is 8.99. The third-order valence-corrected chi connectivity index (χ3v) is 2.63. The van der Waals surface area contributed by atoms with Gasteiger partial charge in [-0.05, 0) is 12.0 Å². The average molecular weight is 202 g/mol. The molecule has 0 radical (unpaired) electrons. The molecule has 3 N–H and O–H groups in total. The molecule has 0 amide bonds. The second-order valence-electron chi connectivity index (χ2n) is 4.78. The quantitative estimate of drug-likeness (QED) is 0.655. The Morgan fingerprint density at radius 2 is 2.29 bits per heavy atom. The summed E-state index contributed by atoms with van der Waals surface area (Å²) in [6.45, 7) is 8.58. The van der Waals surface area contributed by atoms with Crippen LogP contribution in [0.5, 0.6) is 0 Å². The van der Waals surface area contributed by atoms with Gasteiger partial charge in [-0.3, -0.25) is 4.90 Å². The first-order valence-electron chi connectivity index (χ1n) is 5.22. The van der Waals surface area contributed by atoms with Crippen molar-refractivity contribution in [2.24, 2.45) is 11.1 Å². The number of morpholine rings is 1. The molecule has 1 saturated heterocycles. The van der Waals surface area contributed by atoms with Gasteiger partial charge >= 0.3 is 0 Å². The van der Waals surface area contributed by atoms with Crippen LogP contribution in [0.1, 0.15) is 13.8 Å². The summed E-state index contributed by atoms with van der Waals surface area (Å²) < 4.78 is 5.38. The van der Waals surface area contributed by atoms with E-state index in [1.807, 2.05) is 0 Å². The van der Waals surface area contributed by atoms with Gasteiger partial charge in [-0.2, -0.15) is 0 Å². The summed E-state index contributed by atoms with van der Waals surface area (Å²) in [5.41, 5.74) is 5.83. The Hall–Kier alpha value is -0.160. The lowest BCUT2D eigenvalue weighted by molar-refractivity contribution is -0.0599. The van der Waals surface area contributed by atoms with Crippen LogP contribution in [-0.2, 0) is 4.74 Å². The van der Waals surface area contributed by atoms with Gasteiger partial charge in [0.1, 0.15) is 0 Å². The summed E-state index contributed by atoms with van der Waals surface area (Å²) in [4.78, 5) is 2.32. The van der Waals surface area contributed by atoms with Crippen molar-refractivity contribution < 1.29 is 9.84 Å². The topological polar surface area (TPSA) is 58.7 Å². The number of aliphatic hydroxyl groups excluding tert-OH is 1. The van der Waals surface area contributed by atoms with Gasteiger partial charge in [0.2, 0.25) is 0 Å². The molecule has 0 aromatic heterocycles. The van der Waals surface area contributed by atoms with Crippen LogP contribution in [0.15, 0.2) is 0 Å². The third-order valence-electron chi connectivity index (χ3n) is 2.63. The van der Waals surface area contributed by atoms with Gasteiger partial charge in [0, 0.05) is 19.6 Å². The van der Waals surface area contributed by atoms with Gasteiger partial charge < -0.3 is 15.6 Å². The summed E-state index contributed by atoms with van der Waals surface area (Å²) in [6, 6.07) is 0. The van der Waals surface area contributed by atoms with Crippen LogP contribution in [0.25, 0.3) is 0 Å². The molecule has 1 aliphatic heterocycles. The van der Waals surface area contributed by atoms with E-state index >= 15 is 0 Å². The number of hydrogen-bond donors (Lipinski definition) is 2. The Balaban J connectivity index is 2.37. The van der Waals surface area contributed by atoms with Gasteiger partial charge in [0.25, 0.3) is 0 Å². The molecule has 1 fully saturated rings. The standard InChI is InChI=1S/C10H22N2O2/c1-10(2,7-11)8-12-3-4-14-9(5-12)6-13/h9,13H,3-8,11H2,1-2H3. The predicted molar refractivity (Wildman–Crippen MR) is 56.1 cm³/mol. The van der Waals surface area contributed by atoms with Gasteiger partial charge in [-0.1, -0.05) is 13.8 Å². The van der Waals surface area contributed by atoms with Crippen molar-refractivity contribution in [1.29, 1.82) is 0 Å². The number of hydrogen-bond acceptors (Lipinski definition) is 4. The first-order valence-corrected chi connectivity index (χ1v) is 5.22. The van der Waals surface area contributed by atoms with Crippen molar-refractivity contribution in [2.45, 2.75) is 20.0 Å². The monoisotopic (exact) mass is 202 g/mol. The lowest BCUT2D eigenvalue weighted by Gasteiger charge is -2.37. The molecule has 1 aliphatic rings. The summed E-state index contributed by atoms with van der Waals surface area (Å²) >= 11 is 0. The Labute approximate surface area is 86.0 Å². The van der Waals surface area contributed by atoms with E-state index in [1.165, 1.54) is 0 Å². The molecule has 0 bridgehead atoms. The number of nitrogens with zero attached hydrogens (tertiary/aromatic N) is 1. The van der Waals surface area contributed by atoms with Gasteiger partial charge in [-0.25, -0.2) is 0 Å². The van der Waals surface area contributed by atoms with Crippen LogP contribution in [0.4, 0.5) is 0 Å². The fraction of sp³-hybridized carbons (Fsp3) is 1.00.